The zero-order valence-corrected chi connectivity index (χ0v) is 20.2. The molecule has 0 fully saturated rings. The van der Waals surface area contributed by atoms with Crippen LogP contribution in [0.1, 0.15) is 117 Å². The molecule has 0 aliphatic carbocycles. The highest BCUT2D eigenvalue weighted by atomic mass is 32.3. The molecule has 0 saturated heterocycles. The molecule has 0 heterocycles. The van der Waals surface area contributed by atoms with Crippen LogP contribution in [-0.2, 0) is 24.1 Å². The van der Waals surface area contributed by atoms with Crippen molar-refractivity contribution in [3.05, 3.63) is 12.2 Å². The van der Waals surface area contributed by atoms with E-state index in [4.69, 9.17) is 9.29 Å². The van der Waals surface area contributed by atoms with E-state index in [-0.39, 0.29) is 19.0 Å². The Hall–Kier alpha value is -0.920. The Bertz CT molecular complexity index is 554. The third kappa shape index (κ3) is 21.8. The number of carbonyl (C=O) groups excluding carboxylic acids is 1. The van der Waals surface area contributed by atoms with E-state index in [2.05, 4.69) is 23.3 Å². The first kappa shape index (κ1) is 29.1. The quantitative estimate of drug-likeness (QED) is 0.0982. The Balaban J connectivity index is 3.48. The van der Waals surface area contributed by atoms with Crippen LogP contribution in [0.4, 0.5) is 0 Å². The molecule has 0 unspecified atom stereocenters. The lowest BCUT2D eigenvalue weighted by molar-refractivity contribution is -0.144. The highest BCUT2D eigenvalue weighted by Gasteiger charge is 2.25. The third-order valence-corrected chi connectivity index (χ3v) is 5.60. The Morgan fingerprint density at radius 2 is 1.37 bits per heavy atom. The molecule has 178 valence electrons. The molecule has 0 spiro atoms. The fourth-order valence-electron chi connectivity index (χ4n) is 3.15. The van der Waals surface area contributed by atoms with Gasteiger partial charge in [0, 0.05) is 12.8 Å². The van der Waals surface area contributed by atoms with Gasteiger partial charge in [0.2, 0.25) is 0 Å². The Morgan fingerprint density at radius 3 is 1.90 bits per heavy atom. The maximum absolute atomic E-state index is 11.7. The molecule has 6 nitrogen and oxygen atoms in total. The second kappa shape index (κ2) is 17.7. The van der Waals surface area contributed by atoms with E-state index in [0.29, 0.717) is 6.42 Å². The van der Waals surface area contributed by atoms with Crippen LogP contribution in [0.15, 0.2) is 12.2 Å². The summed E-state index contributed by atoms with van der Waals surface area (Å²) in [6.45, 7) is 5.33. The van der Waals surface area contributed by atoms with E-state index in [1.807, 2.05) is 0 Å². The van der Waals surface area contributed by atoms with Gasteiger partial charge in [-0.1, -0.05) is 70.4 Å². The van der Waals surface area contributed by atoms with Gasteiger partial charge in [-0.05, 0) is 46.0 Å². The molecule has 0 aromatic carbocycles. The van der Waals surface area contributed by atoms with Crippen molar-refractivity contribution in [1.29, 1.82) is 0 Å². The van der Waals surface area contributed by atoms with Crippen LogP contribution in [0.2, 0.25) is 0 Å². The summed E-state index contributed by atoms with van der Waals surface area (Å²) in [6.07, 6.45) is 20.9. The number of unbranched alkanes of at least 4 members (excludes halogenated alkanes) is 11. The van der Waals surface area contributed by atoms with Crippen LogP contribution in [0.5, 0.6) is 0 Å². The molecule has 0 rings (SSSR count). The van der Waals surface area contributed by atoms with Crippen LogP contribution >= 0.6 is 0 Å². The maximum atomic E-state index is 11.7. The molecule has 30 heavy (non-hydrogen) atoms. The Morgan fingerprint density at radius 1 is 0.867 bits per heavy atom. The standard InChI is InChI=1S/C23H44O6S/c1-4-5-6-7-8-9-10-11-12-13-14-15-16-17-18-19-22(24)28-21-20-23(2,3)29-30(25,26)27/h11-12H,4-10,13-21H2,1-3H3,(H,25,26,27)/b12-11-. The minimum Gasteiger partial charge on any atom is -0.466 e. The fraction of sp³-hybridized carbons (Fsp3) is 0.870. The molecule has 0 amide bonds. The first-order chi connectivity index (χ1) is 14.2. The van der Waals surface area contributed by atoms with E-state index in [0.717, 1.165) is 25.7 Å². The molecule has 7 heteroatoms. The predicted molar refractivity (Wildman–Crippen MR) is 122 cm³/mol. The molecule has 0 aliphatic heterocycles. The molecule has 0 radical (unpaired) electrons. The molecule has 0 bridgehead atoms. The average molecular weight is 449 g/mol. The predicted octanol–water partition coefficient (Wildman–Crippen LogP) is 6.56. The molecule has 0 saturated carbocycles. The van der Waals surface area contributed by atoms with E-state index < -0.39 is 16.0 Å². The topological polar surface area (TPSA) is 89.9 Å². The minimum absolute atomic E-state index is 0.0619. The molecular formula is C23H44O6S. The number of rotatable bonds is 20. The van der Waals surface area contributed by atoms with Crippen LogP contribution < -0.4 is 0 Å². The first-order valence-electron chi connectivity index (χ1n) is 11.6. The van der Waals surface area contributed by atoms with Gasteiger partial charge in [-0.25, -0.2) is 4.18 Å². The first-order valence-corrected chi connectivity index (χ1v) is 13.0. The smallest absolute Gasteiger partial charge is 0.397 e. The van der Waals surface area contributed by atoms with Gasteiger partial charge in [-0.15, -0.1) is 0 Å². The normalized spacial score (nSPS) is 12.5. The summed E-state index contributed by atoms with van der Waals surface area (Å²) in [5, 5.41) is 0. The number of esters is 1. The fourth-order valence-corrected chi connectivity index (χ4v) is 3.80. The molecule has 1 N–H and O–H groups in total. The monoisotopic (exact) mass is 448 g/mol. The van der Waals surface area contributed by atoms with Gasteiger partial charge >= 0.3 is 16.4 Å². The maximum Gasteiger partial charge on any atom is 0.397 e. The SMILES string of the molecule is CCCCCCCC/C=C\CCCCCCCC(=O)OCCC(C)(C)OS(=O)(=O)O. The van der Waals surface area contributed by atoms with Gasteiger partial charge in [0.25, 0.3) is 0 Å². The minimum atomic E-state index is -4.51. The zero-order valence-electron chi connectivity index (χ0n) is 19.4. The summed E-state index contributed by atoms with van der Waals surface area (Å²) in [7, 11) is -4.51. The van der Waals surface area contributed by atoms with E-state index >= 15 is 0 Å². The second-order valence-electron chi connectivity index (χ2n) is 8.58. The van der Waals surface area contributed by atoms with Crippen LogP contribution in [0, 0.1) is 0 Å². The van der Waals surface area contributed by atoms with Crippen LogP contribution in [0.25, 0.3) is 0 Å². The van der Waals surface area contributed by atoms with Crippen LogP contribution in [-0.4, -0.2) is 31.1 Å². The van der Waals surface area contributed by atoms with E-state index in [9.17, 15) is 13.2 Å². The lowest BCUT2D eigenvalue weighted by Gasteiger charge is -2.22. The highest BCUT2D eigenvalue weighted by Crippen LogP contribution is 2.17. The van der Waals surface area contributed by atoms with Crippen molar-refractivity contribution in [2.45, 2.75) is 123 Å². The summed E-state index contributed by atoms with van der Waals surface area (Å²) < 4.78 is 39.8. The number of hydrogen-bond acceptors (Lipinski definition) is 5. The van der Waals surface area contributed by atoms with Crippen molar-refractivity contribution in [3.63, 3.8) is 0 Å². The summed E-state index contributed by atoms with van der Waals surface area (Å²) in [5.74, 6) is -0.282. The van der Waals surface area contributed by atoms with Crippen molar-refractivity contribution >= 4 is 16.4 Å². The second-order valence-corrected chi connectivity index (χ2v) is 9.60. The number of hydrogen-bond donors (Lipinski definition) is 1. The average Bonchev–Trinajstić information content (AvgIpc) is 2.62. The van der Waals surface area contributed by atoms with Crippen molar-refractivity contribution < 1.29 is 26.7 Å². The largest absolute Gasteiger partial charge is 0.466 e. The Kier molecular flexibility index (Phi) is 17.2. The molecule has 0 aromatic rings. The van der Waals surface area contributed by atoms with Gasteiger partial charge in [-0.3, -0.25) is 9.35 Å². The van der Waals surface area contributed by atoms with Gasteiger partial charge in [0.1, 0.15) is 0 Å². The third-order valence-electron chi connectivity index (χ3n) is 4.94. The number of ether oxygens (including phenoxy) is 1. The highest BCUT2D eigenvalue weighted by molar-refractivity contribution is 7.80. The van der Waals surface area contributed by atoms with E-state index in [1.165, 1.54) is 71.6 Å². The molecule has 0 atom stereocenters. The van der Waals surface area contributed by atoms with Crippen molar-refractivity contribution in [3.8, 4) is 0 Å². The van der Waals surface area contributed by atoms with Gasteiger partial charge in [0.15, 0.2) is 0 Å². The molecule has 0 aromatic heterocycles. The lowest BCUT2D eigenvalue weighted by Crippen LogP contribution is -2.29. The lowest BCUT2D eigenvalue weighted by atomic mass is 10.1. The van der Waals surface area contributed by atoms with Gasteiger partial charge in [0.05, 0.1) is 12.2 Å². The Labute approximate surface area is 184 Å². The number of allylic oxidation sites excluding steroid dienone is 2. The van der Waals surface area contributed by atoms with Crippen molar-refractivity contribution in [1.82, 2.24) is 0 Å². The van der Waals surface area contributed by atoms with Crippen molar-refractivity contribution in [2.75, 3.05) is 6.61 Å². The zero-order chi connectivity index (χ0) is 22.7. The van der Waals surface area contributed by atoms with Crippen molar-refractivity contribution in [2.24, 2.45) is 0 Å². The summed E-state index contributed by atoms with van der Waals surface area (Å²) in [4.78, 5) is 11.7. The summed E-state index contributed by atoms with van der Waals surface area (Å²) in [5.41, 5.74) is -1.11. The van der Waals surface area contributed by atoms with Crippen LogP contribution in [0.3, 0.4) is 0 Å². The summed E-state index contributed by atoms with van der Waals surface area (Å²) >= 11 is 0. The summed E-state index contributed by atoms with van der Waals surface area (Å²) in [6, 6.07) is 0. The molecule has 0 aliphatic rings. The number of carbonyl (C=O) groups is 1. The van der Waals surface area contributed by atoms with Gasteiger partial charge < -0.3 is 4.74 Å². The van der Waals surface area contributed by atoms with Gasteiger partial charge in [-0.2, -0.15) is 8.42 Å². The van der Waals surface area contributed by atoms with E-state index in [1.54, 1.807) is 0 Å². The molecular weight excluding hydrogens is 404 g/mol.